The Kier molecular flexibility index (Phi) is 7.01. The van der Waals surface area contributed by atoms with Gasteiger partial charge in [-0.2, -0.15) is 0 Å². The van der Waals surface area contributed by atoms with E-state index >= 15 is 0 Å². The fourth-order valence-corrected chi connectivity index (χ4v) is 4.39. The highest BCUT2D eigenvalue weighted by molar-refractivity contribution is 9.10. The molecule has 3 aromatic rings. The second-order valence-electron chi connectivity index (χ2n) is 8.02. The van der Waals surface area contributed by atoms with Crippen LogP contribution in [-0.2, 0) is 4.79 Å². The number of fused-ring (bicyclic) bond motifs is 1. The zero-order chi connectivity index (χ0) is 22.7. The molecular formula is C26H29BrN2O3. The zero-order valence-corrected chi connectivity index (χ0v) is 20.4. The zero-order valence-electron chi connectivity index (χ0n) is 18.9. The minimum Gasteiger partial charge on any atom is -0.493 e. The summed E-state index contributed by atoms with van der Waals surface area (Å²) in [6.07, 6.45) is 3.52. The lowest BCUT2D eigenvalue weighted by atomic mass is 9.99. The third kappa shape index (κ3) is 4.76. The van der Waals surface area contributed by atoms with Gasteiger partial charge in [0.05, 0.1) is 12.9 Å². The number of carbonyl (C=O) groups excluding carboxylic acids is 1. The molecule has 0 atom stereocenters. The lowest BCUT2D eigenvalue weighted by molar-refractivity contribution is -0.127. The maximum absolute atomic E-state index is 12.9. The molecule has 0 aliphatic carbocycles. The molecule has 1 fully saturated rings. The number of likely N-dealkylation sites (N-methyl/N-ethyl adjacent to an activating group) is 1. The molecule has 0 radical (unpaired) electrons. The Morgan fingerprint density at radius 1 is 1.12 bits per heavy atom. The molecule has 0 N–H and O–H groups in total. The number of amides is 1. The molecular weight excluding hydrogens is 468 g/mol. The van der Waals surface area contributed by atoms with Crippen LogP contribution in [0.25, 0.3) is 27.7 Å². The van der Waals surface area contributed by atoms with Crippen LogP contribution in [0.1, 0.15) is 26.3 Å². The van der Waals surface area contributed by atoms with Crippen molar-refractivity contribution in [2.24, 2.45) is 0 Å². The van der Waals surface area contributed by atoms with Gasteiger partial charge in [-0.15, -0.1) is 0 Å². The van der Waals surface area contributed by atoms with Gasteiger partial charge in [-0.25, -0.2) is 0 Å². The number of ether oxygens (including phenoxy) is 1. The average Bonchev–Trinajstić information content (AvgIpc) is 3.22. The molecule has 2 heterocycles. The van der Waals surface area contributed by atoms with Crippen molar-refractivity contribution >= 4 is 38.4 Å². The predicted octanol–water partition coefficient (Wildman–Crippen LogP) is 5.83. The van der Waals surface area contributed by atoms with Crippen molar-refractivity contribution in [3.8, 4) is 16.9 Å². The van der Waals surface area contributed by atoms with Gasteiger partial charge in [-0.1, -0.05) is 35.0 Å². The molecule has 0 saturated carbocycles. The van der Waals surface area contributed by atoms with Crippen molar-refractivity contribution in [3.05, 3.63) is 58.8 Å². The van der Waals surface area contributed by atoms with Crippen molar-refractivity contribution in [1.29, 1.82) is 0 Å². The van der Waals surface area contributed by atoms with Gasteiger partial charge in [-0.3, -0.25) is 4.79 Å². The summed E-state index contributed by atoms with van der Waals surface area (Å²) in [6, 6.07) is 12.2. The van der Waals surface area contributed by atoms with Crippen LogP contribution in [-0.4, -0.2) is 55.0 Å². The molecule has 0 spiro atoms. The summed E-state index contributed by atoms with van der Waals surface area (Å²) in [7, 11) is 0. The van der Waals surface area contributed by atoms with Crippen molar-refractivity contribution < 1.29 is 13.9 Å². The van der Waals surface area contributed by atoms with Gasteiger partial charge < -0.3 is 19.0 Å². The summed E-state index contributed by atoms with van der Waals surface area (Å²) in [5, 5.41) is 1.00. The van der Waals surface area contributed by atoms with Crippen LogP contribution in [0.2, 0.25) is 0 Å². The van der Waals surface area contributed by atoms with E-state index < -0.39 is 0 Å². The monoisotopic (exact) mass is 496 g/mol. The first kappa shape index (κ1) is 22.6. The number of hydrogen-bond acceptors (Lipinski definition) is 4. The minimum atomic E-state index is 0.0566. The van der Waals surface area contributed by atoms with Crippen LogP contribution >= 0.6 is 15.9 Å². The fourth-order valence-electron chi connectivity index (χ4n) is 4.13. The van der Waals surface area contributed by atoms with Gasteiger partial charge in [0.2, 0.25) is 5.91 Å². The molecule has 168 valence electrons. The number of halogens is 1. The Balaban J connectivity index is 1.68. The van der Waals surface area contributed by atoms with Crippen molar-refractivity contribution in [2.75, 3.05) is 39.3 Å². The Hall–Kier alpha value is -2.57. The van der Waals surface area contributed by atoms with E-state index in [1.165, 1.54) is 0 Å². The molecule has 1 saturated heterocycles. The fraction of sp³-hybridized carbons (Fsp3) is 0.346. The standard InChI is InChI=1S/C26H29BrN2O3/c1-4-28-10-12-29(13-11-28)26(30)14-18(3)21-15-22-23(19-6-8-20(27)9-7-19)17-32-25(22)16-24(21)31-5-2/h6-9,14-17H,4-5,10-13H2,1-3H3/b18-14+. The molecule has 32 heavy (non-hydrogen) atoms. The summed E-state index contributed by atoms with van der Waals surface area (Å²) in [5.41, 5.74) is 4.67. The molecule has 6 heteroatoms. The van der Waals surface area contributed by atoms with Crippen LogP contribution < -0.4 is 4.74 Å². The molecule has 0 bridgehead atoms. The van der Waals surface area contributed by atoms with E-state index in [4.69, 9.17) is 9.15 Å². The van der Waals surface area contributed by atoms with E-state index in [1.807, 2.05) is 36.9 Å². The Morgan fingerprint density at radius 3 is 2.50 bits per heavy atom. The van der Waals surface area contributed by atoms with Crippen LogP contribution in [0.3, 0.4) is 0 Å². The summed E-state index contributed by atoms with van der Waals surface area (Å²) >= 11 is 3.49. The Bertz CT molecular complexity index is 1130. The number of piperazine rings is 1. The summed E-state index contributed by atoms with van der Waals surface area (Å²) in [4.78, 5) is 17.2. The average molecular weight is 497 g/mol. The second kappa shape index (κ2) is 9.92. The Morgan fingerprint density at radius 2 is 1.84 bits per heavy atom. The van der Waals surface area contributed by atoms with E-state index in [0.717, 1.165) is 76.2 Å². The first-order valence-electron chi connectivity index (χ1n) is 11.1. The minimum absolute atomic E-state index is 0.0566. The number of carbonyl (C=O) groups is 1. The first-order chi connectivity index (χ1) is 15.5. The van der Waals surface area contributed by atoms with Crippen molar-refractivity contribution in [3.63, 3.8) is 0 Å². The number of benzene rings is 2. The van der Waals surface area contributed by atoms with Crippen molar-refractivity contribution in [1.82, 2.24) is 9.80 Å². The normalized spacial score (nSPS) is 15.4. The lowest BCUT2D eigenvalue weighted by Gasteiger charge is -2.33. The molecule has 1 aromatic heterocycles. The van der Waals surface area contributed by atoms with Crippen LogP contribution in [0, 0.1) is 0 Å². The highest BCUT2D eigenvalue weighted by Crippen LogP contribution is 2.37. The first-order valence-corrected chi connectivity index (χ1v) is 11.9. The van der Waals surface area contributed by atoms with Gasteiger partial charge in [0.25, 0.3) is 0 Å². The molecule has 1 aliphatic rings. The van der Waals surface area contributed by atoms with Crippen LogP contribution in [0.15, 0.2) is 57.6 Å². The molecule has 2 aromatic carbocycles. The Labute approximate surface area is 197 Å². The highest BCUT2D eigenvalue weighted by atomic mass is 79.9. The maximum atomic E-state index is 12.9. The van der Waals surface area contributed by atoms with E-state index in [-0.39, 0.29) is 5.91 Å². The highest BCUT2D eigenvalue weighted by Gasteiger charge is 2.20. The lowest BCUT2D eigenvalue weighted by Crippen LogP contribution is -2.48. The van der Waals surface area contributed by atoms with Gasteiger partial charge >= 0.3 is 0 Å². The third-order valence-corrected chi connectivity index (χ3v) is 6.56. The predicted molar refractivity (Wildman–Crippen MR) is 133 cm³/mol. The van der Waals surface area contributed by atoms with Gasteiger partial charge in [0.1, 0.15) is 11.3 Å². The summed E-state index contributed by atoms with van der Waals surface area (Å²) in [6.45, 7) is 11.1. The number of nitrogens with zero attached hydrogens (tertiary/aromatic N) is 2. The van der Waals surface area contributed by atoms with Crippen LogP contribution in [0.5, 0.6) is 5.75 Å². The van der Waals surface area contributed by atoms with Gasteiger partial charge in [0.15, 0.2) is 0 Å². The van der Waals surface area contributed by atoms with E-state index in [1.54, 1.807) is 12.3 Å². The topological polar surface area (TPSA) is 45.9 Å². The molecule has 5 nitrogen and oxygen atoms in total. The van der Waals surface area contributed by atoms with E-state index in [2.05, 4.69) is 46.0 Å². The number of rotatable bonds is 6. The molecule has 0 unspecified atom stereocenters. The van der Waals surface area contributed by atoms with E-state index in [9.17, 15) is 4.79 Å². The number of allylic oxidation sites excluding steroid dienone is 1. The van der Waals surface area contributed by atoms with Gasteiger partial charge in [-0.05, 0) is 49.7 Å². The summed E-state index contributed by atoms with van der Waals surface area (Å²) < 4.78 is 12.8. The van der Waals surface area contributed by atoms with E-state index in [0.29, 0.717) is 6.61 Å². The molecule has 1 aliphatic heterocycles. The summed E-state index contributed by atoms with van der Waals surface area (Å²) in [5.74, 6) is 0.787. The largest absolute Gasteiger partial charge is 0.493 e. The molecule has 1 amide bonds. The third-order valence-electron chi connectivity index (χ3n) is 6.03. The van der Waals surface area contributed by atoms with Gasteiger partial charge in [0, 0.05) is 59.3 Å². The SMILES string of the molecule is CCOc1cc2occ(-c3ccc(Br)cc3)c2cc1/C(C)=C/C(=O)N1CCN(CC)CC1. The molecule has 4 rings (SSSR count). The number of hydrogen-bond donors (Lipinski definition) is 0. The van der Waals surface area contributed by atoms with Crippen molar-refractivity contribution in [2.45, 2.75) is 20.8 Å². The second-order valence-corrected chi connectivity index (χ2v) is 8.94. The smallest absolute Gasteiger partial charge is 0.246 e. The van der Waals surface area contributed by atoms with Crippen LogP contribution in [0.4, 0.5) is 0 Å². The quantitative estimate of drug-likeness (QED) is 0.402. The number of furan rings is 1. The maximum Gasteiger partial charge on any atom is 0.246 e.